The Morgan fingerprint density at radius 1 is 1.35 bits per heavy atom. The zero-order valence-corrected chi connectivity index (χ0v) is 13.6. The lowest BCUT2D eigenvalue weighted by Crippen LogP contribution is -2.40. The van der Waals surface area contributed by atoms with E-state index in [0.717, 1.165) is 17.6 Å². The Morgan fingerprint density at radius 2 is 2.10 bits per heavy atom. The van der Waals surface area contributed by atoms with E-state index < -0.39 is 0 Å². The number of rotatable bonds is 4. The topological polar surface area (TPSA) is 44.5 Å². The normalized spacial score (nSPS) is 14.2. The molecule has 2 rings (SSSR count). The monoisotopic (exact) mass is 352 g/mol. The van der Waals surface area contributed by atoms with Crippen LogP contribution in [0.25, 0.3) is 0 Å². The Labute approximate surface area is 133 Å². The molecule has 4 nitrogen and oxygen atoms in total. The van der Waals surface area contributed by atoms with Gasteiger partial charge in [-0.25, -0.2) is 0 Å². The average Bonchev–Trinajstić information content (AvgIpc) is 2.39. The molecule has 1 aliphatic rings. The molecule has 0 saturated carbocycles. The first-order valence-corrected chi connectivity index (χ1v) is 7.47. The fourth-order valence-electron chi connectivity index (χ4n) is 1.97. The molecule has 0 aromatic heterocycles. The van der Waals surface area contributed by atoms with Gasteiger partial charge in [0.25, 0.3) is 0 Å². The van der Waals surface area contributed by atoms with Gasteiger partial charge in [-0.15, -0.1) is 0 Å². The van der Waals surface area contributed by atoms with Crippen LogP contribution >= 0.6 is 28.1 Å². The highest BCUT2D eigenvalue weighted by Crippen LogP contribution is 2.19. The fraction of sp³-hybridized carbons (Fsp3) is 0.214. The second-order valence-corrected chi connectivity index (χ2v) is 5.76. The molecule has 0 amide bonds. The number of aryl methyl sites for hydroxylation is 1. The summed E-state index contributed by atoms with van der Waals surface area (Å²) < 4.78 is 0.956. The summed E-state index contributed by atoms with van der Waals surface area (Å²) in [6, 6.07) is 8.45. The molecule has 0 spiro atoms. The number of nitrogens with zero attached hydrogens (tertiary/aromatic N) is 2. The van der Waals surface area contributed by atoms with E-state index in [-0.39, 0.29) is 5.11 Å². The number of halogens is 1. The summed E-state index contributed by atoms with van der Waals surface area (Å²) in [6.45, 7) is 3.04. The molecule has 0 fully saturated rings. The zero-order valence-electron chi connectivity index (χ0n) is 11.2. The molecular weight excluding hydrogens is 336 g/mol. The molecule has 1 aromatic carbocycles. The number of hydrogen-bond acceptors (Lipinski definition) is 3. The first-order chi connectivity index (χ1) is 9.56. The maximum Gasteiger partial charge on any atom is 0.183 e. The van der Waals surface area contributed by atoms with Gasteiger partial charge in [0, 0.05) is 18.9 Å². The first kappa shape index (κ1) is 14.9. The molecule has 0 saturated heterocycles. The third-order valence-electron chi connectivity index (χ3n) is 3.05. The van der Waals surface area contributed by atoms with Crippen molar-refractivity contribution in [3.8, 4) is 0 Å². The van der Waals surface area contributed by atoms with Crippen LogP contribution in [0.5, 0.6) is 0 Å². The molecule has 20 heavy (non-hydrogen) atoms. The van der Waals surface area contributed by atoms with Gasteiger partial charge in [-0.05, 0) is 52.6 Å². The van der Waals surface area contributed by atoms with Gasteiger partial charge in [-0.3, -0.25) is 10.4 Å². The summed E-state index contributed by atoms with van der Waals surface area (Å²) in [6.07, 6.45) is 6.73. The Hall–Kier alpha value is -1.53. The van der Waals surface area contributed by atoms with Crippen molar-refractivity contribution in [1.82, 2.24) is 15.3 Å². The van der Waals surface area contributed by atoms with Crippen molar-refractivity contribution in [1.29, 1.82) is 0 Å². The fourth-order valence-corrected chi connectivity index (χ4v) is 2.59. The smallest absolute Gasteiger partial charge is 0.183 e. The van der Waals surface area contributed by atoms with Gasteiger partial charge in [0.15, 0.2) is 5.11 Å². The van der Waals surface area contributed by atoms with E-state index in [1.54, 1.807) is 5.01 Å². The van der Waals surface area contributed by atoms with Crippen LogP contribution in [-0.4, -0.2) is 21.6 Å². The lowest BCUT2D eigenvalue weighted by Gasteiger charge is -2.28. The molecule has 1 heterocycles. The molecule has 0 bridgehead atoms. The van der Waals surface area contributed by atoms with Crippen LogP contribution in [-0.2, 0) is 6.42 Å². The standard InChI is InChI=1S/C14H17BrN4S/c1-11-4-2-3-5-12(11)6-7-18-8-9-19(10-13(18)15)17-14(16)20/h2-5,8-10H,6-7H2,1H3,(H3,16,17,20). The van der Waals surface area contributed by atoms with Crippen LogP contribution in [0, 0.1) is 6.92 Å². The van der Waals surface area contributed by atoms with Crippen LogP contribution < -0.4 is 11.2 Å². The van der Waals surface area contributed by atoms with E-state index in [1.807, 2.05) is 18.6 Å². The molecular formula is C14H17BrN4S. The van der Waals surface area contributed by atoms with Crippen LogP contribution in [0.15, 0.2) is 47.5 Å². The van der Waals surface area contributed by atoms with E-state index in [0.29, 0.717) is 0 Å². The average molecular weight is 353 g/mol. The molecule has 6 heteroatoms. The maximum atomic E-state index is 5.44. The molecule has 0 atom stereocenters. The quantitative estimate of drug-likeness (QED) is 0.644. The van der Waals surface area contributed by atoms with Gasteiger partial charge in [0.2, 0.25) is 0 Å². The number of nitrogens with two attached hydrogens (primary N) is 1. The van der Waals surface area contributed by atoms with E-state index in [4.69, 9.17) is 18.0 Å². The van der Waals surface area contributed by atoms with Gasteiger partial charge in [-0.1, -0.05) is 24.3 Å². The second kappa shape index (κ2) is 6.76. The zero-order chi connectivity index (χ0) is 14.5. The Morgan fingerprint density at radius 3 is 2.75 bits per heavy atom. The van der Waals surface area contributed by atoms with Gasteiger partial charge < -0.3 is 10.6 Å². The Bertz CT molecular complexity index is 556. The molecule has 106 valence electrons. The van der Waals surface area contributed by atoms with Gasteiger partial charge in [0.05, 0.1) is 6.20 Å². The summed E-state index contributed by atoms with van der Waals surface area (Å²) in [4.78, 5) is 2.13. The second-order valence-electron chi connectivity index (χ2n) is 4.50. The molecule has 1 aliphatic heterocycles. The third-order valence-corrected chi connectivity index (χ3v) is 3.80. The largest absolute Gasteiger partial charge is 0.375 e. The number of nitrogens with one attached hydrogen (secondary N) is 1. The summed E-state index contributed by atoms with van der Waals surface area (Å²) >= 11 is 8.35. The van der Waals surface area contributed by atoms with Crippen molar-refractivity contribution in [3.05, 3.63) is 58.6 Å². The minimum absolute atomic E-state index is 0.236. The van der Waals surface area contributed by atoms with Gasteiger partial charge in [0.1, 0.15) is 4.61 Å². The minimum Gasteiger partial charge on any atom is -0.375 e. The van der Waals surface area contributed by atoms with E-state index in [2.05, 4.69) is 57.4 Å². The highest BCUT2D eigenvalue weighted by molar-refractivity contribution is 9.11. The van der Waals surface area contributed by atoms with Crippen LogP contribution in [0.3, 0.4) is 0 Å². The number of thiocarbonyl (C=S) groups is 1. The molecule has 0 radical (unpaired) electrons. The van der Waals surface area contributed by atoms with E-state index in [9.17, 15) is 0 Å². The highest BCUT2D eigenvalue weighted by atomic mass is 79.9. The summed E-state index contributed by atoms with van der Waals surface area (Å²) in [7, 11) is 0. The van der Waals surface area contributed by atoms with Crippen molar-refractivity contribution in [2.75, 3.05) is 6.54 Å². The molecule has 1 aromatic rings. The van der Waals surface area contributed by atoms with Gasteiger partial charge >= 0.3 is 0 Å². The van der Waals surface area contributed by atoms with Crippen molar-refractivity contribution in [2.24, 2.45) is 5.73 Å². The van der Waals surface area contributed by atoms with Crippen LogP contribution in [0.4, 0.5) is 0 Å². The first-order valence-electron chi connectivity index (χ1n) is 6.27. The number of benzene rings is 1. The van der Waals surface area contributed by atoms with Crippen molar-refractivity contribution in [3.63, 3.8) is 0 Å². The molecule has 0 unspecified atom stereocenters. The van der Waals surface area contributed by atoms with Crippen molar-refractivity contribution >= 4 is 33.3 Å². The Balaban J connectivity index is 1.94. The van der Waals surface area contributed by atoms with Crippen molar-refractivity contribution < 1.29 is 0 Å². The minimum atomic E-state index is 0.236. The van der Waals surface area contributed by atoms with Crippen molar-refractivity contribution in [2.45, 2.75) is 13.3 Å². The maximum absolute atomic E-state index is 5.44. The molecule has 0 aliphatic carbocycles. The van der Waals surface area contributed by atoms with Crippen LogP contribution in [0.2, 0.25) is 0 Å². The highest BCUT2D eigenvalue weighted by Gasteiger charge is 2.11. The third kappa shape index (κ3) is 3.98. The predicted molar refractivity (Wildman–Crippen MR) is 89.5 cm³/mol. The number of hydrogen-bond donors (Lipinski definition) is 2. The SMILES string of the molecule is Cc1ccccc1CCN1C=CN(NC(N)=S)C=C1Br. The lowest BCUT2D eigenvalue weighted by atomic mass is 10.1. The number of hydrazine groups is 1. The summed E-state index contributed by atoms with van der Waals surface area (Å²) in [5.74, 6) is 0. The van der Waals surface area contributed by atoms with Crippen LogP contribution in [0.1, 0.15) is 11.1 Å². The molecule has 3 N–H and O–H groups in total. The Kier molecular flexibility index (Phi) is 5.03. The predicted octanol–water partition coefficient (Wildman–Crippen LogP) is 2.57. The summed E-state index contributed by atoms with van der Waals surface area (Å²) in [5.41, 5.74) is 11.0. The lowest BCUT2D eigenvalue weighted by molar-refractivity contribution is 0.390. The van der Waals surface area contributed by atoms with Gasteiger partial charge in [-0.2, -0.15) is 0 Å². The van der Waals surface area contributed by atoms with E-state index >= 15 is 0 Å². The van der Waals surface area contributed by atoms with E-state index in [1.165, 1.54) is 11.1 Å². The summed E-state index contributed by atoms with van der Waals surface area (Å²) in [5, 5.41) is 1.95.